The summed E-state index contributed by atoms with van der Waals surface area (Å²) in [6.45, 7) is 7.78. The van der Waals surface area contributed by atoms with Gasteiger partial charge in [0.2, 0.25) is 0 Å². The zero-order valence-corrected chi connectivity index (χ0v) is 7.46. The van der Waals surface area contributed by atoms with Crippen molar-refractivity contribution < 1.29 is 0 Å². The van der Waals surface area contributed by atoms with Crippen LogP contribution in [0.1, 0.15) is 33.6 Å². The van der Waals surface area contributed by atoms with Crippen LogP contribution in [0.3, 0.4) is 0 Å². The van der Waals surface area contributed by atoms with Gasteiger partial charge in [-0.2, -0.15) is 0 Å². The molecule has 0 bridgehead atoms. The second kappa shape index (κ2) is 4.18. The van der Waals surface area contributed by atoms with Crippen molar-refractivity contribution in [3.8, 4) is 0 Å². The van der Waals surface area contributed by atoms with Gasteiger partial charge in [-0.15, -0.1) is 0 Å². The number of nitrogens with one attached hydrogen (secondary N) is 1. The Morgan fingerprint density at radius 2 is 1.89 bits per heavy atom. The van der Waals surface area contributed by atoms with Gasteiger partial charge in [0, 0.05) is 6.54 Å². The second-order valence-electron chi connectivity index (χ2n) is 3.57. The Labute approximate surface area is 63.8 Å². The van der Waals surface area contributed by atoms with E-state index in [9.17, 15) is 0 Å². The first-order chi connectivity index (χ1) is 4.06. The van der Waals surface area contributed by atoms with Crippen molar-refractivity contribution >= 4 is 12.8 Å². The van der Waals surface area contributed by atoms with Crippen molar-refractivity contribution in [2.24, 2.45) is 5.41 Å². The highest BCUT2D eigenvalue weighted by molar-refractivity contribution is 7.78. The van der Waals surface area contributed by atoms with Crippen LogP contribution in [-0.4, -0.2) is 6.54 Å². The van der Waals surface area contributed by atoms with Crippen LogP contribution in [0.2, 0.25) is 0 Å². The highest BCUT2D eigenvalue weighted by Gasteiger charge is 2.07. The Hall–Kier alpha value is 0.310. The molecule has 0 unspecified atom stereocenters. The summed E-state index contributed by atoms with van der Waals surface area (Å²) in [5, 5.41) is 0. The molecule has 0 aliphatic heterocycles. The molecule has 56 valence electrons. The van der Waals surface area contributed by atoms with Gasteiger partial charge in [-0.1, -0.05) is 33.6 Å². The topological polar surface area (TPSA) is 12.0 Å². The molecule has 1 nitrogen and oxygen atoms in total. The van der Waals surface area contributed by atoms with E-state index in [0.29, 0.717) is 5.41 Å². The van der Waals surface area contributed by atoms with Crippen LogP contribution in [0, 0.1) is 5.41 Å². The van der Waals surface area contributed by atoms with Crippen molar-refractivity contribution in [3.05, 3.63) is 0 Å². The fourth-order valence-electron chi connectivity index (χ4n) is 0.698. The average molecular weight is 147 g/mol. The molecule has 0 aromatic heterocycles. The van der Waals surface area contributed by atoms with Crippen LogP contribution in [0.15, 0.2) is 0 Å². The van der Waals surface area contributed by atoms with E-state index in [1.54, 1.807) is 0 Å². The lowest BCUT2D eigenvalue weighted by atomic mass is 9.91. The summed E-state index contributed by atoms with van der Waals surface area (Å²) in [7, 11) is 0. The second-order valence-corrected chi connectivity index (χ2v) is 3.89. The molecule has 9 heavy (non-hydrogen) atoms. The van der Waals surface area contributed by atoms with Gasteiger partial charge in [0.05, 0.1) is 0 Å². The minimum atomic E-state index is 0.477. The van der Waals surface area contributed by atoms with Gasteiger partial charge in [0.25, 0.3) is 0 Å². The van der Waals surface area contributed by atoms with Gasteiger partial charge in [-0.05, 0) is 18.3 Å². The third-order valence-electron chi connectivity index (χ3n) is 1.22. The van der Waals surface area contributed by atoms with Gasteiger partial charge < -0.3 is 0 Å². The van der Waals surface area contributed by atoms with Gasteiger partial charge in [0.1, 0.15) is 0 Å². The third kappa shape index (κ3) is 8.31. The summed E-state index contributed by atoms with van der Waals surface area (Å²) in [6.07, 6.45) is 2.48. The molecular formula is C7H17NS. The summed E-state index contributed by atoms with van der Waals surface area (Å²) < 4.78 is 2.83. The van der Waals surface area contributed by atoms with E-state index in [2.05, 4.69) is 38.3 Å². The van der Waals surface area contributed by atoms with Gasteiger partial charge in [-0.3, -0.25) is 4.72 Å². The van der Waals surface area contributed by atoms with Crippen molar-refractivity contribution in [1.29, 1.82) is 0 Å². The highest BCUT2D eigenvalue weighted by Crippen LogP contribution is 2.19. The molecular weight excluding hydrogens is 130 g/mol. The quantitative estimate of drug-likeness (QED) is 0.461. The molecule has 0 aromatic rings. The van der Waals surface area contributed by atoms with Crippen LogP contribution in [0.4, 0.5) is 0 Å². The monoisotopic (exact) mass is 147 g/mol. The molecule has 0 saturated carbocycles. The van der Waals surface area contributed by atoms with Crippen molar-refractivity contribution in [1.82, 2.24) is 4.72 Å². The molecule has 0 spiro atoms. The van der Waals surface area contributed by atoms with E-state index >= 15 is 0 Å². The minimum absolute atomic E-state index is 0.477. The van der Waals surface area contributed by atoms with E-state index in [1.807, 2.05) is 0 Å². The SMILES string of the molecule is CC(C)(C)CCCNS. The maximum absolute atomic E-state index is 3.90. The van der Waals surface area contributed by atoms with E-state index in [4.69, 9.17) is 0 Å². The van der Waals surface area contributed by atoms with Crippen molar-refractivity contribution in [3.63, 3.8) is 0 Å². The fraction of sp³-hybridized carbons (Fsp3) is 1.00. The van der Waals surface area contributed by atoms with E-state index in [1.165, 1.54) is 12.8 Å². The number of thiol groups is 1. The zero-order chi connectivity index (χ0) is 7.33. The summed E-state index contributed by atoms with van der Waals surface area (Å²) in [6, 6.07) is 0. The maximum atomic E-state index is 3.90. The first-order valence-corrected chi connectivity index (χ1v) is 3.88. The lowest BCUT2D eigenvalue weighted by molar-refractivity contribution is 0.366. The minimum Gasteiger partial charge on any atom is -0.267 e. The normalized spacial score (nSPS) is 12.0. The van der Waals surface area contributed by atoms with Crippen molar-refractivity contribution in [2.45, 2.75) is 33.6 Å². The molecule has 0 radical (unpaired) electrons. The summed E-state index contributed by atoms with van der Waals surface area (Å²) >= 11 is 3.90. The van der Waals surface area contributed by atoms with Crippen LogP contribution in [0.5, 0.6) is 0 Å². The molecule has 0 aromatic carbocycles. The Balaban J connectivity index is 3.07. The Morgan fingerprint density at radius 1 is 1.33 bits per heavy atom. The smallest absolute Gasteiger partial charge is 0.00563 e. The van der Waals surface area contributed by atoms with Gasteiger partial charge in [-0.25, -0.2) is 0 Å². The Kier molecular flexibility index (Phi) is 4.32. The van der Waals surface area contributed by atoms with Crippen LogP contribution in [-0.2, 0) is 0 Å². The van der Waals surface area contributed by atoms with Gasteiger partial charge in [0.15, 0.2) is 0 Å². The Morgan fingerprint density at radius 3 is 2.22 bits per heavy atom. The van der Waals surface area contributed by atoms with E-state index in [-0.39, 0.29) is 0 Å². The standard InChI is InChI=1S/C7H17NS/c1-7(2,3)5-4-6-8-9/h8-9H,4-6H2,1-3H3. The molecule has 2 heteroatoms. The largest absolute Gasteiger partial charge is 0.267 e. The lowest BCUT2D eigenvalue weighted by Crippen LogP contribution is -2.09. The van der Waals surface area contributed by atoms with Crippen molar-refractivity contribution in [2.75, 3.05) is 6.54 Å². The molecule has 0 aliphatic rings. The van der Waals surface area contributed by atoms with E-state index < -0.39 is 0 Å². The molecule has 0 rings (SSSR count). The molecule has 0 heterocycles. The predicted molar refractivity (Wildman–Crippen MR) is 45.7 cm³/mol. The summed E-state index contributed by atoms with van der Waals surface area (Å²) in [4.78, 5) is 0. The van der Waals surface area contributed by atoms with Crippen LogP contribution >= 0.6 is 12.8 Å². The van der Waals surface area contributed by atoms with Crippen LogP contribution < -0.4 is 4.72 Å². The third-order valence-corrected chi connectivity index (χ3v) is 1.44. The highest BCUT2D eigenvalue weighted by atomic mass is 32.1. The molecule has 0 amide bonds. The number of hydrogen-bond donors (Lipinski definition) is 2. The lowest BCUT2D eigenvalue weighted by Gasteiger charge is -2.16. The summed E-state index contributed by atoms with van der Waals surface area (Å²) in [5.74, 6) is 0. The zero-order valence-electron chi connectivity index (χ0n) is 6.57. The fourth-order valence-corrected chi connectivity index (χ4v) is 0.856. The van der Waals surface area contributed by atoms with E-state index in [0.717, 1.165) is 6.54 Å². The number of rotatable bonds is 3. The molecule has 0 atom stereocenters. The molecule has 0 aliphatic carbocycles. The Bertz CT molecular complexity index is 65.8. The summed E-state index contributed by atoms with van der Waals surface area (Å²) in [5.41, 5.74) is 0.477. The van der Waals surface area contributed by atoms with Crippen LogP contribution in [0.25, 0.3) is 0 Å². The predicted octanol–water partition coefficient (Wildman–Crippen LogP) is 2.25. The molecule has 0 fully saturated rings. The maximum Gasteiger partial charge on any atom is 0.00563 e. The molecule has 0 saturated heterocycles. The van der Waals surface area contributed by atoms with Gasteiger partial charge >= 0.3 is 0 Å². The molecule has 1 N–H and O–H groups in total. The first kappa shape index (κ1) is 9.31. The average Bonchev–Trinajstić information content (AvgIpc) is 1.63. The first-order valence-electron chi connectivity index (χ1n) is 3.43. The number of hydrogen-bond acceptors (Lipinski definition) is 2.